The maximum atomic E-state index is 12.2. The molecule has 1 saturated heterocycles. The molecule has 0 aliphatic carbocycles. The van der Waals surface area contributed by atoms with Crippen LogP contribution in [-0.4, -0.2) is 30.6 Å². The minimum atomic E-state index is -0.0789. The summed E-state index contributed by atoms with van der Waals surface area (Å²) in [5.74, 6) is -0.0844. The van der Waals surface area contributed by atoms with Crippen LogP contribution in [-0.2, 0) is 9.53 Å². The smallest absolute Gasteiger partial charge is 0.251 e. The Balaban J connectivity index is 1.87. The van der Waals surface area contributed by atoms with Crippen LogP contribution in [0.2, 0.25) is 0 Å². The maximum absolute atomic E-state index is 12.2. The standard InChI is InChI=1S/C20H30N2O3/c1-4-15(3)21-20(24)16-8-10-18(14(2)13-16)22-19(23)11-9-17-7-5-6-12-25-17/h8,10,13,15,17H,4-7,9,11-12H2,1-3H3,(H,21,24)(H,22,23)/t15-,17+/m0/s1. The Kier molecular flexibility index (Phi) is 7.44. The number of hydrogen-bond acceptors (Lipinski definition) is 3. The fourth-order valence-electron chi connectivity index (χ4n) is 2.89. The lowest BCUT2D eigenvalue weighted by Gasteiger charge is -2.22. The van der Waals surface area contributed by atoms with Gasteiger partial charge in [0.25, 0.3) is 5.91 Å². The Hall–Kier alpha value is -1.88. The highest BCUT2D eigenvalue weighted by molar-refractivity contribution is 5.96. The van der Waals surface area contributed by atoms with Gasteiger partial charge in [0, 0.05) is 30.3 Å². The third-order valence-corrected chi connectivity index (χ3v) is 4.72. The molecule has 0 saturated carbocycles. The molecule has 1 aliphatic heterocycles. The van der Waals surface area contributed by atoms with Gasteiger partial charge >= 0.3 is 0 Å². The Morgan fingerprint density at radius 3 is 2.76 bits per heavy atom. The second kappa shape index (κ2) is 9.56. The number of carbonyl (C=O) groups is 2. The first kappa shape index (κ1) is 19.4. The van der Waals surface area contributed by atoms with Gasteiger partial charge in [-0.25, -0.2) is 0 Å². The van der Waals surface area contributed by atoms with Crippen LogP contribution in [0.1, 0.15) is 68.3 Å². The van der Waals surface area contributed by atoms with E-state index in [1.165, 1.54) is 6.42 Å². The summed E-state index contributed by atoms with van der Waals surface area (Å²) in [5.41, 5.74) is 2.26. The summed E-state index contributed by atoms with van der Waals surface area (Å²) in [6.07, 6.45) is 5.69. The van der Waals surface area contributed by atoms with Crippen LogP contribution in [0.25, 0.3) is 0 Å². The van der Waals surface area contributed by atoms with E-state index >= 15 is 0 Å². The Morgan fingerprint density at radius 2 is 2.12 bits per heavy atom. The summed E-state index contributed by atoms with van der Waals surface area (Å²) >= 11 is 0. The number of hydrogen-bond donors (Lipinski definition) is 2. The maximum Gasteiger partial charge on any atom is 0.251 e. The quantitative estimate of drug-likeness (QED) is 0.789. The van der Waals surface area contributed by atoms with E-state index < -0.39 is 0 Å². The minimum Gasteiger partial charge on any atom is -0.378 e. The summed E-state index contributed by atoms with van der Waals surface area (Å²) in [7, 11) is 0. The number of ether oxygens (including phenoxy) is 1. The van der Waals surface area contributed by atoms with Crippen molar-refractivity contribution in [2.75, 3.05) is 11.9 Å². The molecule has 1 aromatic carbocycles. The molecule has 2 rings (SSSR count). The molecule has 0 unspecified atom stereocenters. The van der Waals surface area contributed by atoms with Crippen molar-refractivity contribution in [2.24, 2.45) is 0 Å². The van der Waals surface area contributed by atoms with Crippen molar-refractivity contribution in [1.82, 2.24) is 5.32 Å². The van der Waals surface area contributed by atoms with Gasteiger partial charge in [-0.15, -0.1) is 0 Å². The predicted octanol–water partition coefficient (Wildman–Crippen LogP) is 3.81. The molecule has 2 amide bonds. The zero-order valence-corrected chi connectivity index (χ0v) is 15.6. The van der Waals surface area contributed by atoms with Gasteiger partial charge in [-0.1, -0.05) is 6.92 Å². The summed E-state index contributed by atoms with van der Waals surface area (Å²) in [6.45, 7) is 6.73. The van der Waals surface area contributed by atoms with Crippen molar-refractivity contribution >= 4 is 17.5 Å². The van der Waals surface area contributed by atoms with Crippen LogP contribution in [0.4, 0.5) is 5.69 Å². The number of rotatable bonds is 7. The average molecular weight is 346 g/mol. The number of carbonyl (C=O) groups excluding carboxylic acids is 2. The molecular formula is C20H30N2O3. The van der Waals surface area contributed by atoms with Gasteiger partial charge < -0.3 is 15.4 Å². The fraction of sp³-hybridized carbons (Fsp3) is 0.600. The number of amides is 2. The topological polar surface area (TPSA) is 67.4 Å². The van der Waals surface area contributed by atoms with Crippen LogP contribution in [0.3, 0.4) is 0 Å². The lowest BCUT2D eigenvalue weighted by molar-refractivity contribution is -0.117. The van der Waals surface area contributed by atoms with E-state index in [0.29, 0.717) is 12.0 Å². The molecular weight excluding hydrogens is 316 g/mol. The average Bonchev–Trinajstić information content (AvgIpc) is 2.62. The van der Waals surface area contributed by atoms with Gasteiger partial charge in [0.15, 0.2) is 0 Å². The van der Waals surface area contributed by atoms with Crippen LogP contribution in [0, 0.1) is 6.92 Å². The fourth-order valence-corrected chi connectivity index (χ4v) is 2.89. The first-order valence-electron chi connectivity index (χ1n) is 9.32. The van der Waals surface area contributed by atoms with E-state index in [4.69, 9.17) is 4.74 Å². The van der Waals surface area contributed by atoms with Crippen molar-refractivity contribution in [2.45, 2.75) is 71.4 Å². The molecule has 1 heterocycles. The molecule has 0 spiro atoms. The van der Waals surface area contributed by atoms with E-state index in [1.807, 2.05) is 26.8 Å². The van der Waals surface area contributed by atoms with Crippen molar-refractivity contribution < 1.29 is 14.3 Å². The molecule has 0 bridgehead atoms. The van der Waals surface area contributed by atoms with Crippen LogP contribution >= 0.6 is 0 Å². The van der Waals surface area contributed by atoms with Crippen molar-refractivity contribution in [1.29, 1.82) is 0 Å². The predicted molar refractivity (Wildman–Crippen MR) is 99.9 cm³/mol. The van der Waals surface area contributed by atoms with Gasteiger partial charge in [-0.05, 0) is 69.7 Å². The molecule has 5 heteroatoms. The molecule has 1 aromatic rings. The van der Waals surface area contributed by atoms with Gasteiger partial charge in [0.05, 0.1) is 6.10 Å². The van der Waals surface area contributed by atoms with E-state index in [0.717, 1.165) is 43.5 Å². The highest BCUT2D eigenvalue weighted by Crippen LogP contribution is 2.19. The monoisotopic (exact) mass is 346 g/mol. The molecule has 2 N–H and O–H groups in total. The zero-order chi connectivity index (χ0) is 18.2. The largest absolute Gasteiger partial charge is 0.378 e. The third-order valence-electron chi connectivity index (χ3n) is 4.72. The molecule has 0 aromatic heterocycles. The first-order valence-corrected chi connectivity index (χ1v) is 9.32. The van der Waals surface area contributed by atoms with Crippen molar-refractivity contribution in [3.05, 3.63) is 29.3 Å². The highest BCUT2D eigenvalue weighted by Gasteiger charge is 2.16. The lowest BCUT2D eigenvalue weighted by atomic mass is 10.0. The van der Waals surface area contributed by atoms with Gasteiger partial charge in [-0.2, -0.15) is 0 Å². The molecule has 25 heavy (non-hydrogen) atoms. The Bertz CT molecular complexity index is 595. The van der Waals surface area contributed by atoms with Gasteiger partial charge in [0.2, 0.25) is 5.91 Å². The minimum absolute atomic E-state index is 0.00548. The van der Waals surface area contributed by atoms with Crippen molar-refractivity contribution in [3.63, 3.8) is 0 Å². The van der Waals surface area contributed by atoms with E-state index in [1.54, 1.807) is 12.1 Å². The third kappa shape index (κ3) is 6.16. The molecule has 1 aliphatic rings. The van der Waals surface area contributed by atoms with E-state index in [9.17, 15) is 9.59 Å². The number of nitrogens with one attached hydrogen (secondary N) is 2. The number of benzene rings is 1. The van der Waals surface area contributed by atoms with Crippen molar-refractivity contribution in [3.8, 4) is 0 Å². The van der Waals surface area contributed by atoms with Crippen LogP contribution in [0.5, 0.6) is 0 Å². The zero-order valence-electron chi connectivity index (χ0n) is 15.6. The second-order valence-electron chi connectivity index (χ2n) is 6.89. The molecule has 138 valence electrons. The molecule has 1 fully saturated rings. The number of anilines is 1. The van der Waals surface area contributed by atoms with Gasteiger partial charge in [-0.3, -0.25) is 9.59 Å². The Labute approximate surface area is 150 Å². The summed E-state index contributed by atoms with van der Waals surface area (Å²) in [5, 5.41) is 5.89. The SMILES string of the molecule is CC[C@H](C)NC(=O)c1ccc(NC(=O)CC[C@H]2CCCCO2)c(C)c1. The molecule has 0 radical (unpaired) electrons. The first-order chi connectivity index (χ1) is 12.0. The Morgan fingerprint density at radius 1 is 1.32 bits per heavy atom. The summed E-state index contributed by atoms with van der Waals surface area (Å²) in [6, 6.07) is 5.52. The number of aryl methyl sites for hydroxylation is 1. The molecule has 5 nitrogen and oxygen atoms in total. The van der Waals surface area contributed by atoms with Gasteiger partial charge in [0.1, 0.15) is 0 Å². The van der Waals surface area contributed by atoms with Crippen LogP contribution < -0.4 is 10.6 Å². The molecule has 2 atom stereocenters. The van der Waals surface area contributed by atoms with E-state index in [-0.39, 0.29) is 24.0 Å². The summed E-state index contributed by atoms with van der Waals surface area (Å²) in [4.78, 5) is 24.3. The highest BCUT2D eigenvalue weighted by atomic mass is 16.5. The second-order valence-corrected chi connectivity index (χ2v) is 6.89. The van der Waals surface area contributed by atoms with E-state index in [2.05, 4.69) is 10.6 Å². The normalized spacial score (nSPS) is 18.4. The lowest BCUT2D eigenvalue weighted by Crippen LogP contribution is -2.31. The van der Waals surface area contributed by atoms with Crippen LogP contribution in [0.15, 0.2) is 18.2 Å². The summed E-state index contributed by atoms with van der Waals surface area (Å²) < 4.78 is 5.66.